The van der Waals surface area contributed by atoms with Crippen molar-refractivity contribution in [2.24, 2.45) is 0 Å². The van der Waals surface area contributed by atoms with Crippen LogP contribution in [-0.2, 0) is 4.74 Å². The minimum atomic E-state index is -0.296. The number of halogens is 2. The predicted molar refractivity (Wildman–Crippen MR) is 100 cm³/mol. The highest BCUT2D eigenvalue weighted by Gasteiger charge is 2.17. The molecule has 0 spiro atoms. The number of ether oxygens (including phenoxy) is 1. The van der Waals surface area contributed by atoms with E-state index >= 15 is 0 Å². The van der Waals surface area contributed by atoms with Gasteiger partial charge in [-0.2, -0.15) is 0 Å². The molecule has 6 nitrogen and oxygen atoms in total. The number of hydrazine groups is 1. The zero-order valence-corrected chi connectivity index (χ0v) is 15.4. The fraction of sp³-hybridized carbons (Fsp3) is 0.333. The van der Waals surface area contributed by atoms with Gasteiger partial charge in [-0.1, -0.05) is 23.2 Å². The first kappa shape index (κ1) is 18.6. The summed E-state index contributed by atoms with van der Waals surface area (Å²) in [6, 6.07) is 5.10. The van der Waals surface area contributed by atoms with Crippen LogP contribution in [0.3, 0.4) is 0 Å². The Labute approximate surface area is 156 Å². The van der Waals surface area contributed by atoms with E-state index in [2.05, 4.69) is 16.2 Å². The van der Waals surface area contributed by atoms with Crippen LogP contribution in [0.5, 0.6) is 0 Å². The molecule has 0 saturated carbocycles. The second kappa shape index (κ2) is 8.96. The molecular weight excluding hydrogens is 371 g/mol. The minimum absolute atomic E-state index is 0.296. The van der Waals surface area contributed by atoms with E-state index in [9.17, 15) is 4.79 Å². The van der Waals surface area contributed by atoms with Crippen molar-refractivity contribution in [2.45, 2.75) is 13.3 Å². The molecule has 0 atom stereocenters. The Morgan fingerprint density at radius 3 is 2.83 bits per heavy atom. The van der Waals surface area contributed by atoms with E-state index in [4.69, 9.17) is 40.2 Å². The predicted octanol–water partition coefficient (Wildman–Crippen LogP) is 3.53. The Morgan fingerprint density at radius 2 is 2.21 bits per heavy atom. The molecule has 1 aromatic rings. The van der Waals surface area contributed by atoms with Crippen LogP contribution in [0.4, 0.5) is 10.5 Å². The van der Waals surface area contributed by atoms with Crippen LogP contribution >= 0.6 is 35.4 Å². The summed E-state index contributed by atoms with van der Waals surface area (Å²) in [6.07, 6.45) is 2.29. The van der Waals surface area contributed by atoms with Gasteiger partial charge in [0.25, 0.3) is 0 Å². The first-order valence-electron chi connectivity index (χ1n) is 7.38. The molecule has 1 aliphatic rings. The molecule has 130 valence electrons. The molecule has 1 aromatic carbocycles. The van der Waals surface area contributed by atoms with E-state index in [-0.39, 0.29) is 6.09 Å². The van der Waals surface area contributed by atoms with Gasteiger partial charge in [0.1, 0.15) is 0 Å². The third-order valence-corrected chi connectivity index (χ3v) is 4.00. The first-order valence-corrected chi connectivity index (χ1v) is 8.54. The van der Waals surface area contributed by atoms with Crippen molar-refractivity contribution in [3.8, 4) is 0 Å². The highest BCUT2D eigenvalue weighted by Crippen LogP contribution is 2.25. The summed E-state index contributed by atoms with van der Waals surface area (Å²) in [7, 11) is 0. The maximum absolute atomic E-state index is 11.6. The van der Waals surface area contributed by atoms with Gasteiger partial charge in [-0.05, 0) is 43.4 Å². The second-order valence-corrected chi connectivity index (χ2v) is 6.20. The molecule has 2 rings (SSSR count). The molecule has 1 aliphatic heterocycles. The summed E-state index contributed by atoms with van der Waals surface area (Å²) in [5.74, 6) is 0. The number of nitrogens with one attached hydrogen (secondary N) is 3. The van der Waals surface area contributed by atoms with Crippen molar-refractivity contribution in [3.05, 3.63) is 40.0 Å². The van der Waals surface area contributed by atoms with E-state index in [1.165, 1.54) is 0 Å². The van der Waals surface area contributed by atoms with Gasteiger partial charge in [0.15, 0.2) is 5.11 Å². The summed E-state index contributed by atoms with van der Waals surface area (Å²) in [5.41, 5.74) is 7.52. The Hall–Kier alpha value is -1.70. The number of nitrogens with zero attached hydrogens (tertiary/aromatic N) is 1. The van der Waals surface area contributed by atoms with E-state index in [1.54, 1.807) is 30.0 Å². The van der Waals surface area contributed by atoms with Gasteiger partial charge < -0.3 is 20.4 Å². The van der Waals surface area contributed by atoms with Crippen molar-refractivity contribution < 1.29 is 9.53 Å². The average Bonchev–Trinajstić information content (AvgIpc) is 2.56. The summed E-state index contributed by atoms with van der Waals surface area (Å²) in [5, 5.41) is 4.38. The number of carbonyl (C=O) groups is 1. The molecule has 0 saturated heterocycles. The zero-order valence-electron chi connectivity index (χ0n) is 13.1. The third kappa shape index (κ3) is 5.43. The van der Waals surface area contributed by atoms with E-state index in [0.29, 0.717) is 47.0 Å². The summed E-state index contributed by atoms with van der Waals surface area (Å²) >= 11 is 17.1. The Morgan fingerprint density at radius 1 is 1.42 bits per heavy atom. The lowest BCUT2D eigenvalue weighted by molar-refractivity contribution is 0.110. The summed E-state index contributed by atoms with van der Waals surface area (Å²) < 4.78 is 4.97. The second-order valence-electron chi connectivity index (χ2n) is 4.95. The Bertz CT molecular complexity index is 654. The van der Waals surface area contributed by atoms with E-state index in [1.807, 2.05) is 6.08 Å². The summed E-state index contributed by atoms with van der Waals surface area (Å²) in [6.45, 7) is 3.24. The maximum atomic E-state index is 11.6. The lowest BCUT2D eigenvalue weighted by Gasteiger charge is -2.26. The highest BCUT2D eigenvalue weighted by molar-refractivity contribution is 7.80. The average molecular weight is 389 g/mol. The largest absolute Gasteiger partial charge is 0.450 e. The molecule has 1 heterocycles. The van der Waals surface area contributed by atoms with Gasteiger partial charge in [0.2, 0.25) is 0 Å². The molecule has 0 radical (unpaired) electrons. The van der Waals surface area contributed by atoms with Gasteiger partial charge in [0.05, 0.1) is 17.3 Å². The number of amides is 1. The quantitative estimate of drug-likeness (QED) is 0.541. The molecular formula is C15H18Cl2N4O2S. The van der Waals surface area contributed by atoms with Crippen molar-refractivity contribution in [1.82, 2.24) is 15.8 Å². The SMILES string of the molecule is CCOC(=O)N1CC=C(NNC(=S)Nc2ccc(Cl)cc2Cl)CC1. The fourth-order valence-corrected chi connectivity index (χ4v) is 2.66. The standard InChI is InChI=1S/C15H18Cl2N4O2S/c1-2-23-15(22)21-7-5-11(6-8-21)19-20-14(24)18-13-4-3-10(16)9-12(13)17/h3-5,9,19H,2,6-8H2,1H3,(H2,18,20,24). The first-order chi connectivity index (χ1) is 11.5. The topological polar surface area (TPSA) is 65.6 Å². The lowest BCUT2D eigenvalue weighted by Crippen LogP contribution is -2.43. The molecule has 1 amide bonds. The molecule has 24 heavy (non-hydrogen) atoms. The number of anilines is 1. The number of thiocarbonyl (C=S) groups is 1. The molecule has 0 aromatic heterocycles. The van der Waals surface area contributed by atoms with Gasteiger partial charge in [0, 0.05) is 30.2 Å². The van der Waals surface area contributed by atoms with Gasteiger partial charge in [-0.15, -0.1) is 0 Å². The molecule has 0 fully saturated rings. The van der Waals surface area contributed by atoms with Gasteiger partial charge in [-0.25, -0.2) is 4.79 Å². The summed E-state index contributed by atoms with van der Waals surface area (Å²) in [4.78, 5) is 13.3. The van der Waals surface area contributed by atoms with Crippen molar-refractivity contribution >= 4 is 52.3 Å². The number of carbonyl (C=O) groups excluding carboxylic acids is 1. The van der Waals surface area contributed by atoms with E-state index in [0.717, 1.165) is 5.70 Å². The maximum Gasteiger partial charge on any atom is 0.410 e. The Kier molecular flexibility index (Phi) is 6.96. The number of hydrogen-bond donors (Lipinski definition) is 3. The fourth-order valence-electron chi connectivity index (χ4n) is 2.04. The van der Waals surface area contributed by atoms with Crippen LogP contribution in [0.2, 0.25) is 10.0 Å². The molecule has 9 heteroatoms. The number of hydrogen-bond acceptors (Lipinski definition) is 4. The lowest BCUT2D eigenvalue weighted by atomic mass is 10.2. The van der Waals surface area contributed by atoms with Crippen molar-refractivity contribution in [3.63, 3.8) is 0 Å². The van der Waals surface area contributed by atoms with Crippen molar-refractivity contribution in [1.29, 1.82) is 0 Å². The van der Waals surface area contributed by atoms with Crippen molar-refractivity contribution in [2.75, 3.05) is 25.0 Å². The Balaban J connectivity index is 1.79. The van der Waals surface area contributed by atoms with Gasteiger partial charge in [-0.3, -0.25) is 5.43 Å². The van der Waals surface area contributed by atoms with Crippen LogP contribution < -0.4 is 16.2 Å². The molecule has 0 aliphatic carbocycles. The minimum Gasteiger partial charge on any atom is -0.450 e. The van der Waals surface area contributed by atoms with Crippen LogP contribution in [0.15, 0.2) is 30.0 Å². The van der Waals surface area contributed by atoms with E-state index < -0.39 is 0 Å². The number of rotatable bonds is 4. The highest BCUT2D eigenvalue weighted by atomic mass is 35.5. The third-order valence-electron chi connectivity index (χ3n) is 3.25. The normalized spacial score (nSPS) is 13.8. The molecule has 0 bridgehead atoms. The van der Waals surface area contributed by atoms with Crippen LogP contribution in [0.1, 0.15) is 13.3 Å². The van der Waals surface area contributed by atoms with Crippen LogP contribution in [0, 0.1) is 0 Å². The number of benzene rings is 1. The molecule has 3 N–H and O–H groups in total. The monoisotopic (exact) mass is 388 g/mol. The van der Waals surface area contributed by atoms with Crippen LogP contribution in [0.25, 0.3) is 0 Å². The van der Waals surface area contributed by atoms with Crippen LogP contribution in [-0.4, -0.2) is 35.8 Å². The van der Waals surface area contributed by atoms with Gasteiger partial charge >= 0.3 is 6.09 Å². The zero-order chi connectivity index (χ0) is 17.5. The smallest absolute Gasteiger partial charge is 0.410 e. The molecule has 0 unspecified atom stereocenters.